The van der Waals surface area contributed by atoms with Crippen molar-refractivity contribution in [3.8, 4) is 21.8 Å². The average Bonchev–Trinajstić information content (AvgIpc) is 3.16. The van der Waals surface area contributed by atoms with Crippen LogP contribution in [0, 0.1) is 10.1 Å². The standard InChI is InChI=1S/C14H8N2O4S2/c17-14(18)12-11(9-5-6-21-7-9)15-13(22-12)8-1-3-10(4-2-8)16(19)20/h1-7H,(H,17,18). The molecular weight excluding hydrogens is 324 g/mol. The molecule has 22 heavy (non-hydrogen) atoms. The number of non-ortho nitro benzene ring substituents is 1. The highest BCUT2D eigenvalue weighted by molar-refractivity contribution is 7.17. The molecule has 3 rings (SSSR count). The lowest BCUT2D eigenvalue weighted by molar-refractivity contribution is -0.384. The Balaban J connectivity index is 2.06. The molecule has 6 nitrogen and oxygen atoms in total. The zero-order valence-corrected chi connectivity index (χ0v) is 12.6. The first-order valence-electron chi connectivity index (χ1n) is 6.08. The van der Waals surface area contributed by atoms with Gasteiger partial charge in [-0.15, -0.1) is 11.3 Å². The summed E-state index contributed by atoms with van der Waals surface area (Å²) < 4.78 is 0. The van der Waals surface area contributed by atoms with E-state index in [4.69, 9.17) is 0 Å². The molecule has 3 aromatic rings. The SMILES string of the molecule is O=C(O)c1sc(-c2ccc([N+](=O)[O-])cc2)nc1-c1ccsc1. The van der Waals surface area contributed by atoms with Crippen LogP contribution in [0.2, 0.25) is 0 Å². The Morgan fingerprint density at radius 3 is 2.45 bits per heavy atom. The van der Waals surface area contributed by atoms with Gasteiger partial charge in [0.05, 0.1) is 10.6 Å². The van der Waals surface area contributed by atoms with Crippen LogP contribution >= 0.6 is 22.7 Å². The second kappa shape index (κ2) is 5.66. The van der Waals surface area contributed by atoms with Gasteiger partial charge in [0.2, 0.25) is 0 Å². The van der Waals surface area contributed by atoms with Gasteiger partial charge in [0.1, 0.15) is 9.88 Å². The lowest BCUT2D eigenvalue weighted by atomic mass is 10.2. The topological polar surface area (TPSA) is 93.3 Å². The second-order valence-electron chi connectivity index (χ2n) is 4.32. The first-order chi connectivity index (χ1) is 10.6. The Morgan fingerprint density at radius 2 is 1.91 bits per heavy atom. The number of rotatable bonds is 4. The number of carbonyl (C=O) groups is 1. The van der Waals surface area contributed by atoms with E-state index < -0.39 is 10.9 Å². The zero-order valence-electron chi connectivity index (χ0n) is 10.9. The van der Waals surface area contributed by atoms with Gasteiger partial charge < -0.3 is 5.11 Å². The summed E-state index contributed by atoms with van der Waals surface area (Å²) in [6, 6.07) is 7.70. The van der Waals surface area contributed by atoms with Gasteiger partial charge in [-0.1, -0.05) is 0 Å². The normalized spacial score (nSPS) is 10.5. The van der Waals surface area contributed by atoms with Crippen molar-refractivity contribution in [2.75, 3.05) is 0 Å². The van der Waals surface area contributed by atoms with Crippen LogP contribution in [0.3, 0.4) is 0 Å². The van der Waals surface area contributed by atoms with Crippen molar-refractivity contribution < 1.29 is 14.8 Å². The third-order valence-corrected chi connectivity index (χ3v) is 4.72. The van der Waals surface area contributed by atoms with Crippen LogP contribution in [0.5, 0.6) is 0 Å². The van der Waals surface area contributed by atoms with E-state index in [9.17, 15) is 20.0 Å². The van der Waals surface area contributed by atoms with Crippen molar-refractivity contribution in [1.29, 1.82) is 0 Å². The summed E-state index contributed by atoms with van der Waals surface area (Å²) in [7, 11) is 0. The Hall–Kier alpha value is -2.58. The number of carboxylic acid groups (broad SMARTS) is 1. The van der Waals surface area contributed by atoms with Crippen molar-refractivity contribution in [2.24, 2.45) is 0 Å². The molecule has 8 heteroatoms. The van der Waals surface area contributed by atoms with Crippen molar-refractivity contribution in [2.45, 2.75) is 0 Å². The van der Waals surface area contributed by atoms with E-state index in [1.54, 1.807) is 12.1 Å². The number of nitrogens with zero attached hydrogens (tertiary/aromatic N) is 2. The maximum Gasteiger partial charge on any atom is 0.348 e. The maximum absolute atomic E-state index is 11.4. The molecule has 0 atom stereocenters. The van der Waals surface area contributed by atoms with E-state index in [1.165, 1.54) is 23.5 Å². The molecule has 0 fully saturated rings. The Labute approximate surface area is 132 Å². The number of carboxylic acids is 1. The molecule has 2 aromatic heterocycles. The van der Waals surface area contributed by atoms with Crippen LogP contribution in [0.1, 0.15) is 9.67 Å². The number of benzene rings is 1. The number of hydrogen-bond acceptors (Lipinski definition) is 6. The number of aromatic carboxylic acids is 1. The van der Waals surface area contributed by atoms with Crippen LogP contribution in [0.4, 0.5) is 5.69 Å². The number of nitro groups is 1. The largest absolute Gasteiger partial charge is 0.477 e. The fourth-order valence-electron chi connectivity index (χ4n) is 1.91. The highest BCUT2D eigenvalue weighted by atomic mass is 32.1. The Kier molecular flexibility index (Phi) is 3.70. The molecule has 0 aliphatic heterocycles. The summed E-state index contributed by atoms with van der Waals surface area (Å²) in [6.45, 7) is 0. The maximum atomic E-state index is 11.4. The summed E-state index contributed by atoms with van der Waals surface area (Å²) in [4.78, 5) is 26.1. The van der Waals surface area contributed by atoms with Crippen LogP contribution in [0.15, 0.2) is 41.1 Å². The predicted molar refractivity (Wildman–Crippen MR) is 84.5 cm³/mol. The molecule has 0 saturated heterocycles. The quantitative estimate of drug-likeness (QED) is 0.572. The van der Waals surface area contributed by atoms with E-state index in [0.717, 1.165) is 16.9 Å². The van der Waals surface area contributed by atoms with Gasteiger partial charge in [-0.3, -0.25) is 10.1 Å². The summed E-state index contributed by atoms with van der Waals surface area (Å²) in [5, 5.41) is 24.2. The monoisotopic (exact) mass is 332 g/mol. The third-order valence-electron chi connectivity index (χ3n) is 2.94. The molecule has 110 valence electrons. The summed E-state index contributed by atoms with van der Waals surface area (Å²) >= 11 is 2.52. The van der Waals surface area contributed by atoms with Gasteiger partial charge in [-0.2, -0.15) is 11.3 Å². The van der Waals surface area contributed by atoms with E-state index in [-0.39, 0.29) is 10.6 Å². The second-order valence-corrected chi connectivity index (χ2v) is 6.10. The summed E-state index contributed by atoms with van der Waals surface area (Å²) in [5.41, 5.74) is 1.82. The molecule has 2 heterocycles. The summed E-state index contributed by atoms with van der Waals surface area (Å²) in [5.74, 6) is -1.04. The van der Waals surface area contributed by atoms with Crippen LogP contribution < -0.4 is 0 Å². The molecule has 1 N–H and O–H groups in total. The van der Waals surface area contributed by atoms with E-state index in [1.807, 2.05) is 16.8 Å². The van der Waals surface area contributed by atoms with Gasteiger partial charge in [0.25, 0.3) is 5.69 Å². The molecule has 0 saturated carbocycles. The minimum Gasteiger partial charge on any atom is -0.477 e. The van der Waals surface area contributed by atoms with Gasteiger partial charge in [0, 0.05) is 28.6 Å². The molecule has 0 spiro atoms. The predicted octanol–water partition coefficient (Wildman–Crippen LogP) is 4.15. The fraction of sp³-hybridized carbons (Fsp3) is 0. The van der Waals surface area contributed by atoms with Crippen molar-refractivity contribution >= 4 is 34.3 Å². The first kappa shape index (κ1) is 14.4. The van der Waals surface area contributed by atoms with Gasteiger partial charge in [-0.25, -0.2) is 9.78 Å². The van der Waals surface area contributed by atoms with Crippen LogP contribution in [-0.4, -0.2) is 21.0 Å². The van der Waals surface area contributed by atoms with Gasteiger partial charge in [-0.05, 0) is 23.6 Å². The van der Waals surface area contributed by atoms with E-state index in [2.05, 4.69) is 4.98 Å². The number of thiazole rings is 1. The van der Waals surface area contributed by atoms with Crippen molar-refractivity contribution in [3.05, 3.63) is 56.1 Å². The number of thiophene rings is 1. The molecule has 0 amide bonds. The molecular formula is C14H8N2O4S2. The van der Waals surface area contributed by atoms with Gasteiger partial charge in [0.15, 0.2) is 0 Å². The smallest absolute Gasteiger partial charge is 0.348 e. The minimum atomic E-state index is -1.04. The zero-order chi connectivity index (χ0) is 15.7. The highest BCUT2D eigenvalue weighted by Crippen LogP contribution is 2.35. The van der Waals surface area contributed by atoms with Crippen LogP contribution in [-0.2, 0) is 0 Å². The molecule has 0 bridgehead atoms. The lowest BCUT2D eigenvalue weighted by Gasteiger charge is -1.95. The molecule has 0 aliphatic carbocycles. The highest BCUT2D eigenvalue weighted by Gasteiger charge is 2.20. The average molecular weight is 332 g/mol. The lowest BCUT2D eigenvalue weighted by Crippen LogP contribution is -1.94. The van der Waals surface area contributed by atoms with E-state index >= 15 is 0 Å². The Morgan fingerprint density at radius 1 is 1.18 bits per heavy atom. The summed E-state index contributed by atoms with van der Waals surface area (Å²) in [6.07, 6.45) is 0. The van der Waals surface area contributed by atoms with Gasteiger partial charge >= 0.3 is 5.97 Å². The Bertz CT molecular complexity index is 838. The van der Waals surface area contributed by atoms with Crippen molar-refractivity contribution in [1.82, 2.24) is 4.98 Å². The molecule has 0 radical (unpaired) electrons. The minimum absolute atomic E-state index is 0.0168. The molecule has 0 unspecified atom stereocenters. The molecule has 0 aliphatic rings. The van der Waals surface area contributed by atoms with Crippen LogP contribution in [0.25, 0.3) is 21.8 Å². The molecule has 1 aromatic carbocycles. The number of aromatic nitrogens is 1. The van der Waals surface area contributed by atoms with Crippen molar-refractivity contribution in [3.63, 3.8) is 0 Å². The number of hydrogen-bond donors (Lipinski definition) is 1. The first-order valence-corrected chi connectivity index (χ1v) is 7.83. The van der Waals surface area contributed by atoms with E-state index in [0.29, 0.717) is 16.3 Å². The third kappa shape index (κ3) is 2.61. The number of nitro benzene ring substituents is 1. The fourth-order valence-corrected chi connectivity index (χ4v) is 3.48.